The van der Waals surface area contributed by atoms with Crippen LogP contribution in [0.1, 0.15) is 83.9 Å². The number of nitriles is 1. The molecule has 0 bridgehead atoms. The molecule has 5 rings (SSSR count). The number of ketones is 1. The average molecular weight is 673 g/mol. The number of hydrogen-bond donors (Lipinski definition) is 1. The summed E-state index contributed by atoms with van der Waals surface area (Å²) in [6.45, 7) is 5.91. The van der Waals surface area contributed by atoms with Gasteiger partial charge in [-0.3, -0.25) is 19.2 Å². The molecule has 1 atom stereocenters. The Balaban J connectivity index is 1.20. The minimum atomic E-state index is -1.05. The molecule has 0 saturated carbocycles. The van der Waals surface area contributed by atoms with E-state index in [0.717, 1.165) is 0 Å². The number of anilines is 1. The lowest BCUT2D eigenvalue weighted by Gasteiger charge is -2.33. The van der Waals surface area contributed by atoms with Crippen LogP contribution in [0, 0.1) is 28.9 Å². The van der Waals surface area contributed by atoms with Crippen LogP contribution >= 0.6 is 0 Å². The fourth-order valence-corrected chi connectivity index (χ4v) is 6.24. The molecule has 0 unspecified atom stereocenters. The van der Waals surface area contributed by atoms with Gasteiger partial charge in [-0.25, -0.2) is 8.78 Å². The standard InChI is InChI=1S/C37H38F2N4O6/c1-37(2,3)49-33(44)12-11-31(35(41)46)43-20-27-26(36(43)47)5-4-6-32(27)48-21-25-9-8-24(18-28(25)38)34(45)23-13-15-42(16-14-23)30-10-7-22(19-40)17-29(30)39/h4-10,17-18,23,31H,11-16,20-21H2,1-3H3,(H2,41,46)/t31-/m0/s1. The zero-order chi connectivity index (χ0) is 35.5. The SMILES string of the molecule is CC(C)(C)OC(=O)CC[C@@H](C(N)=O)N1Cc2c(OCc3ccc(C(=O)C4CCN(c5ccc(C#N)cc5F)CC4)cc3F)cccc2C1=O. The Morgan fingerprint density at radius 2 is 1.78 bits per heavy atom. The van der Waals surface area contributed by atoms with Crippen LogP contribution in [0.4, 0.5) is 14.5 Å². The van der Waals surface area contributed by atoms with E-state index in [4.69, 9.17) is 20.5 Å². The first-order valence-corrected chi connectivity index (χ1v) is 16.1. The zero-order valence-electron chi connectivity index (χ0n) is 27.6. The number of rotatable bonds is 11. The van der Waals surface area contributed by atoms with E-state index in [1.807, 2.05) is 11.0 Å². The number of halogens is 2. The van der Waals surface area contributed by atoms with Crippen LogP contribution in [0.2, 0.25) is 0 Å². The van der Waals surface area contributed by atoms with Gasteiger partial charge in [-0.05, 0) is 76.4 Å². The second-order valence-corrected chi connectivity index (χ2v) is 13.3. The van der Waals surface area contributed by atoms with Crippen molar-refractivity contribution in [2.24, 2.45) is 11.7 Å². The van der Waals surface area contributed by atoms with Gasteiger partial charge in [-0.2, -0.15) is 5.26 Å². The van der Waals surface area contributed by atoms with E-state index in [-0.39, 0.29) is 54.4 Å². The molecule has 0 spiro atoms. The Kier molecular flexibility index (Phi) is 10.3. The summed E-state index contributed by atoms with van der Waals surface area (Å²) in [5, 5.41) is 8.98. The normalized spacial score (nSPS) is 15.4. The second-order valence-electron chi connectivity index (χ2n) is 13.3. The number of primary amides is 1. The molecule has 1 fully saturated rings. The minimum Gasteiger partial charge on any atom is -0.488 e. The van der Waals surface area contributed by atoms with E-state index >= 15 is 4.39 Å². The van der Waals surface area contributed by atoms with Crippen molar-refractivity contribution in [1.29, 1.82) is 5.26 Å². The third-order valence-corrected chi connectivity index (χ3v) is 8.70. The van der Waals surface area contributed by atoms with E-state index in [1.165, 1.54) is 23.1 Å². The third-order valence-electron chi connectivity index (χ3n) is 8.70. The molecule has 2 aliphatic rings. The molecule has 10 nitrogen and oxygen atoms in total. The van der Waals surface area contributed by atoms with Crippen LogP contribution in [0.25, 0.3) is 0 Å². The van der Waals surface area contributed by atoms with Crippen molar-refractivity contribution in [3.63, 3.8) is 0 Å². The quantitative estimate of drug-likeness (QED) is 0.209. The van der Waals surface area contributed by atoms with Gasteiger partial charge in [-0.15, -0.1) is 0 Å². The largest absolute Gasteiger partial charge is 0.488 e. The van der Waals surface area contributed by atoms with Gasteiger partial charge >= 0.3 is 5.97 Å². The summed E-state index contributed by atoms with van der Waals surface area (Å²) >= 11 is 0. The maximum atomic E-state index is 15.3. The van der Waals surface area contributed by atoms with Gasteiger partial charge in [0, 0.05) is 47.7 Å². The first-order chi connectivity index (χ1) is 23.3. The number of nitrogens with zero attached hydrogens (tertiary/aromatic N) is 3. The van der Waals surface area contributed by atoms with Gasteiger partial charge in [0.15, 0.2) is 5.78 Å². The Morgan fingerprint density at radius 3 is 2.41 bits per heavy atom. The fourth-order valence-electron chi connectivity index (χ4n) is 6.24. The van der Waals surface area contributed by atoms with Crippen molar-refractivity contribution in [1.82, 2.24) is 4.90 Å². The van der Waals surface area contributed by atoms with Crippen molar-refractivity contribution in [3.8, 4) is 11.8 Å². The van der Waals surface area contributed by atoms with Crippen LogP contribution in [0.5, 0.6) is 5.75 Å². The highest BCUT2D eigenvalue weighted by molar-refractivity contribution is 6.01. The lowest BCUT2D eigenvalue weighted by molar-refractivity contribution is -0.155. The highest BCUT2D eigenvalue weighted by Crippen LogP contribution is 2.34. The number of amides is 2. The average Bonchev–Trinajstić information content (AvgIpc) is 3.39. The molecule has 1 saturated heterocycles. The molecule has 0 radical (unpaired) electrons. The van der Waals surface area contributed by atoms with Crippen molar-refractivity contribution >= 4 is 29.3 Å². The monoisotopic (exact) mass is 672 g/mol. The number of piperidine rings is 1. The van der Waals surface area contributed by atoms with Crippen LogP contribution in [0.15, 0.2) is 54.6 Å². The van der Waals surface area contributed by atoms with Crippen molar-refractivity contribution in [2.45, 2.75) is 71.2 Å². The molecule has 49 heavy (non-hydrogen) atoms. The fraction of sp³-hybridized carbons (Fsp3) is 0.378. The minimum absolute atomic E-state index is 0.00869. The molecule has 2 N–H and O–H groups in total. The number of ether oxygens (including phenoxy) is 2. The molecule has 256 valence electrons. The predicted octanol–water partition coefficient (Wildman–Crippen LogP) is 5.45. The summed E-state index contributed by atoms with van der Waals surface area (Å²) in [5.41, 5.74) is 6.81. The molecule has 2 heterocycles. The van der Waals surface area contributed by atoms with E-state index < -0.39 is 41.1 Å². The maximum absolute atomic E-state index is 15.3. The summed E-state index contributed by atoms with van der Waals surface area (Å²) in [5.74, 6) is -3.02. The molecule has 12 heteroatoms. The molecular formula is C37H38F2N4O6. The van der Waals surface area contributed by atoms with E-state index in [2.05, 4.69) is 0 Å². The van der Waals surface area contributed by atoms with Crippen molar-refractivity contribution < 1.29 is 37.4 Å². The summed E-state index contributed by atoms with van der Waals surface area (Å²) in [7, 11) is 0. The number of hydrogen-bond acceptors (Lipinski definition) is 8. The summed E-state index contributed by atoms with van der Waals surface area (Å²) < 4.78 is 41.0. The Bertz CT molecular complexity index is 1820. The van der Waals surface area contributed by atoms with Gasteiger partial charge < -0.3 is 25.0 Å². The number of carbonyl (C=O) groups is 4. The smallest absolute Gasteiger partial charge is 0.306 e. The van der Waals surface area contributed by atoms with Crippen LogP contribution in [-0.4, -0.2) is 53.2 Å². The lowest BCUT2D eigenvalue weighted by Crippen LogP contribution is -2.45. The number of Topliss-reactive ketones (excluding diaryl/α,β-unsaturated/α-hetero) is 1. The van der Waals surface area contributed by atoms with E-state index in [1.54, 1.807) is 57.2 Å². The Hall–Kier alpha value is -5.31. The van der Waals surface area contributed by atoms with Gasteiger partial charge in [0.25, 0.3) is 5.91 Å². The molecule has 0 aromatic heterocycles. The molecule has 2 amide bonds. The van der Waals surface area contributed by atoms with E-state index in [0.29, 0.717) is 48.5 Å². The van der Waals surface area contributed by atoms with Gasteiger partial charge in [-0.1, -0.05) is 18.2 Å². The molecule has 3 aromatic carbocycles. The van der Waals surface area contributed by atoms with Crippen LogP contribution < -0.4 is 15.4 Å². The Morgan fingerprint density at radius 1 is 1.04 bits per heavy atom. The first-order valence-electron chi connectivity index (χ1n) is 16.1. The number of esters is 1. The number of fused-ring (bicyclic) bond motifs is 1. The van der Waals surface area contributed by atoms with E-state index in [9.17, 15) is 23.6 Å². The number of carbonyl (C=O) groups excluding carboxylic acids is 4. The Labute approximate surface area is 283 Å². The molecule has 2 aliphatic heterocycles. The molecule has 0 aliphatic carbocycles. The highest BCUT2D eigenvalue weighted by atomic mass is 19.1. The first kappa shape index (κ1) is 35.0. The molecular weight excluding hydrogens is 634 g/mol. The van der Waals surface area contributed by atoms with Gasteiger partial charge in [0.05, 0.1) is 23.9 Å². The van der Waals surface area contributed by atoms with Crippen LogP contribution in [-0.2, 0) is 27.5 Å². The molecule has 3 aromatic rings. The zero-order valence-corrected chi connectivity index (χ0v) is 27.6. The van der Waals surface area contributed by atoms with Crippen molar-refractivity contribution in [3.05, 3.63) is 94.0 Å². The summed E-state index contributed by atoms with van der Waals surface area (Å²) in [6.07, 6.45) is 0.823. The summed E-state index contributed by atoms with van der Waals surface area (Å²) in [4.78, 5) is 54.3. The second kappa shape index (κ2) is 14.4. The highest BCUT2D eigenvalue weighted by Gasteiger charge is 2.37. The van der Waals surface area contributed by atoms with Gasteiger partial charge in [0.2, 0.25) is 5.91 Å². The third kappa shape index (κ3) is 8.05. The number of benzene rings is 3. The maximum Gasteiger partial charge on any atom is 0.306 e. The lowest BCUT2D eigenvalue weighted by atomic mass is 9.88. The van der Waals surface area contributed by atoms with Crippen molar-refractivity contribution in [2.75, 3.05) is 18.0 Å². The topological polar surface area (TPSA) is 143 Å². The number of nitrogens with two attached hydrogens (primary N) is 1. The predicted molar refractivity (Wildman–Crippen MR) is 175 cm³/mol. The summed E-state index contributed by atoms with van der Waals surface area (Å²) in [6, 6.07) is 14.3. The van der Waals surface area contributed by atoms with Crippen LogP contribution in [0.3, 0.4) is 0 Å². The van der Waals surface area contributed by atoms with Gasteiger partial charge in [0.1, 0.15) is 35.6 Å².